The Morgan fingerprint density at radius 2 is 2.14 bits per heavy atom. The zero-order chi connectivity index (χ0) is 21.2. The van der Waals surface area contributed by atoms with E-state index < -0.39 is 5.82 Å². The van der Waals surface area contributed by atoms with Crippen molar-refractivity contribution < 1.29 is 13.9 Å². The Morgan fingerprint density at radius 1 is 1.34 bits per heavy atom. The van der Waals surface area contributed by atoms with Gasteiger partial charge in [0, 0.05) is 26.8 Å². The lowest BCUT2D eigenvalue weighted by molar-refractivity contribution is 0.145. The minimum absolute atomic E-state index is 0.158. The van der Waals surface area contributed by atoms with Crippen molar-refractivity contribution in [2.75, 3.05) is 26.9 Å². The molecule has 0 aliphatic carbocycles. The van der Waals surface area contributed by atoms with Crippen LogP contribution in [0.15, 0.2) is 23.2 Å². The number of methoxy groups -OCH3 is 1. The second-order valence-corrected chi connectivity index (χ2v) is 6.62. The predicted octanol–water partition coefficient (Wildman–Crippen LogP) is 2.49. The number of hydrogen-bond donors (Lipinski definition) is 2. The van der Waals surface area contributed by atoms with Gasteiger partial charge in [-0.3, -0.25) is 0 Å². The molecule has 2 N–H and O–H groups in total. The molecule has 0 radical (unpaired) electrons. The first-order chi connectivity index (χ1) is 14.0. The second kappa shape index (κ2) is 11.4. The lowest BCUT2D eigenvalue weighted by atomic mass is 10.1. The van der Waals surface area contributed by atoms with Crippen LogP contribution in [-0.4, -0.2) is 47.6 Å². The lowest BCUT2D eigenvalue weighted by Crippen LogP contribution is -2.39. The Labute approximate surface area is 171 Å². The average Bonchev–Trinajstić information content (AvgIpc) is 3.03. The van der Waals surface area contributed by atoms with Crippen LogP contribution in [0.25, 0.3) is 0 Å². The van der Waals surface area contributed by atoms with Crippen molar-refractivity contribution in [2.24, 2.45) is 12.0 Å². The van der Waals surface area contributed by atoms with E-state index in [-0.39, 0.29) is 11.8 Å². The lowest BCUT2D eigenvalue weighted by Gasteiger charge is -2.19. The first kappa shape index (κ1) is 22.6. The summed E-state index contributed by atoms with van der Waals surface area (Å²) >= 11 is 0. The van der Waals surface area contributed by atoms with Crippen molar-refractivity contribution in [1.29, 1.82) is 0 Å². The SMILES string of the molecule is CCOCCCNC(=NCc1nnc(C)n1C)NC(C)c1ccc(OC)c(F)c1. The summed E-state index contributed by atoms with van der Waals surface area (Å²) in [4.78, 5) is 4.62. The second-order valence-electron chi connectivity index (χ2n) is 6.62. The summed E-state index contributed by atoms with van der Waals surface area (Å²) in [6.45, 7) is 8.27. The molecule has 0 saturated carbocycles. The molecule has 29 heavy (non-hydrogen) atoms. The van der Waals surface area contributed by atoms with Crippen molar-refractivity contribution in [1.82, 2.24) is 25.4 Å². The van der Waals surface area contributed by atoms with Crippen molar-refractivity contribution in [2.45, 2.75) is 39.8 Å². The van der Waals surface area contributed by atoms with E-state index in [2.05, 4.69) is 25.8 Å². The van der Waals surface area contributed by atoms with Crippen LogP contribution in [0.1, 0.15) is 43.5 Å². The van der Waals surface area contributed by atoms with E-state index in [4.69, 9.17) is 9.47 Å². The molecule has 1 aromatic heterocycles. The number of aromatic nitrogens is 3. The monoisotopic (exact) mass is 406 g/mol. The summed E-state index contributed by atoms with van der Waals surface area (Å²) in [5.74, 6) is 2.04. The smallest absolute Gasteiger partial charge is 0.192 e. The molecule has 8 nitrogen and oxygen atoms in total. The summed E-state index contributed by atoms with van der Waals surface area (Å²) in [5, 5.41) is 14.8. The van der Waals surface area contributed by atoms with Crippen LogP contribution in [0.5, 0.6) is 5.75 Å². The molecule has 1 atom stereocenters. The molecule has 0 aliphatic heterocycles. The minimum atomic E-state index is -0.392. The van der Waals surface area contributed by atoms with Crippen molar-refractivity contribution in [3.63, 3.8) is 0 Å². The van der Waals surface area contributed by atoms with Gasteiger partial charge >= 0.3 is 0 Å². The van der Waals surface area contributed by atoms with Crippen LogP contribution in [0.3, 0.4) is 0 Å². The highest BCUT2D eigenvalue weighted by molar-refractivity contribution is 5.80. The summed E-state index contributed by atoms with van der Waals surface area (Å²) in [7, 11) is 3.36. The first-order valence-electron chi connectivity index (χ1n) is 9.77. The summed E-state index contributed by atoms with van der Waals surface area (Å²) in [6, 6.07) is 4.76. The normalized spacial score (nSPS) is 12.7. The summed E-state index contributed by atoms with van der Waals surface area (Å²) < 4.78 is 26.3. The molecule has 2 aromatic rings. The average molecular weight is 407 g/mol. The number of aliphatic imine (C=N–C) groups is 1. The van der Waals surface area contributed by atoms with Crippen LogP contribution < -0.4 is 15.4 Å². The summed E-state index contributed by atoms with van der Waals surface area (Å²) in [5.41, 5.74) is 0.793. The molecule has 0 fully saturated rings. The number of halogens is 1. The van der Waals surface area contributed by atoms with Gasteiger partial charge in [0.2, 0.25) is 0 Å². The number of hydrogen-bond acceptors (Lipinski definition) is 5. The highest BCUT2D eigenvalue weighted by Gasteiger charge is 2.12. The Kier molecular flexibility index (Phi) is 8.85. The molecule has 1 unspecified atom stereocenters. The molecule has 0 saturated heterocycles. The number of benzene rings is 1. The quantitative estimate of drug-likeness (QED) is 0.358. The zero-order valence-corrected chi connectivity index (χ0v) is 17.8. The molecule has 0 bridgehead atoms. The molecular weight excluding hydrogens is 375 g/mol. The maximum absolute atomic E-state index is 14.1. The van der Waals surface area contributed by atoms with E-state index >= 15 is 0 Å². The number of aryl methyl sites for hydroxylation is 1. The van der Waals surface area contributed by atoms with Gasteiger partial charge in [0.15, 0.2) is 23.4 Å². The van der Waals surface area contributed by atoms with Gasteiger partial charge in [0.25, 0.3) is 0 Å². The summed E-state index contributed by atoms with van der Waals surface area (Å²) in [6.07, 6.45) is 0.850. The van der Waals surface area contributed by atoms with Crippen LogP contribution in [-0.2, 0) is 18.3 Å². The zero-order valence-electron chi connectivity index (χ0n) is 17.8. The highest BCUT2D eigenvalue weighted by atomic mass is 19.1. The van der Waals surface area contributed by atoms with Crippen molar-refractivity contribution in [3.8, 4) is 5.75 Å². The van der Waals surface area contributed by atoms with E-state index in [1.807, 2.05) is 38.5 Å². The maximum Gasteiger partial charge on any atom is 0.192 e. The van der Waals surface area contributed by atoms with Gasteiger partial charge in [-0.1, -0.05) is 6.07 Å². The van der Waals surface area contributed by atoms with Gasteiger partial charge in [0.05, 0.1) is 13.2 Å². The van der Waals surface area contributed by atoms with Gasteiger partial charge in [-0.2, -0.15) is 0 Å². The van der Waals surface area contributed by atoms with E-state index in [9.17, 15) is 4.39 Å². The van der Waals surface area contributed by atoms with Gasteiger partial charge in [-0.15, -0.1) is 10.2 Å². The molecule has 0 spiro atoms. The highest BCUT2D eigenvalue weighted by Crippen LogP contribution is 2.21. The van der Waals surface area contributed by atoms with Crippen LogP contribution >= 0.6 is 0 Å². The van der Waals surface area contributed by atoms with Gasteiger partial charge in [-0.05, 0) is 44.9 Å². The fraction of sp³-hybridized carbons (Fsp3) is 0.550. The van der Waals surface area contributed by atoms with Crippen molar-refractivity contribution in [3.05, 3.63) is 41.2 Å². The van der Waals surface area contributed by atoms with E-state index in [0.29, 0.717) is 32.3 Å². The van der Waals surface area contributed by atoms with Gasteiger partial charge in [0.1, 0.15) is 12.4 Å². The third-order valence-electron chi connectivity index (χ3n) is 4.55. The molecule has 0 amide bonds. The Bertz CT molecular complexity index is 808. The predicted molar refractivity (Wildman–Crippen MR) is 110 cm³/mol. The first-order valence-corrected chi connectivity index (χ1v) is 9.77. The molecule has 0 aliphatic rings. The number of nitrogens with one attached hydrogen (secondary N) is 2. The fourth-order valence-corrected chi connectivity index (χ4v) is 2.66. The Morgan fingerprint density at radius 3 is 2.76 bits per heavy atom. The molecule has 1 heterocycles. The molecule has 1 aromatic carbocycles. The topological polar surface area (TPSA) is 85.6 Å². The number of guanidine groups is 1. The number of nitrogens with zero attached hydrogens (tertiary/aromatic N) is 4. The molecule has 9 heteroatoms. The molecule has 160 valence electrons. The van der Waals surface area contributed by atoms with E-state index in [1.54, 1.807) is 6.07 Å². The number of ether oxygens (including phenoxy) is 2. The molecular formula is C20H31FN6O2. The van der Waals surface area contributed by atoms with Crippen molar-refractivity contribution >= 4 is 5.96 Å². The van der Waals surface area contributed by atoms with Gasteiger partial charge < -0.3 is 24.7 Å². The van der Waals surface area contributed by atoms with E-state index in [1.165, 1.54) is 13.2 Å². The Balaban J connectivity index is 2.07. The van der Waals surface area contributed by atoms with Crippen LogP contribution in [0, 0.1) is 12.7 Å². The van der Waals surface area contributed by atoms with Crippen LogP contribution in [0.4, 0.5) is 4.39 Å². The fourth-order valence-electron chi connectivity index (χ4n) is 2.66. The van der Waals surface area contributed by atoms with E-state index in [0.717, 1.165) is 23.6 Å². The molecule has 2 rings (SSSR count). The minimum Gasteiger partial charge on any atom is -0.494 e. The third kappa shape index (κ3) is 6.70. The van der Waals surface area contributed by atoms with Gasteiger partial charge in [-0.25, -0.2) is 9.38 Å². The maximum atomic E-state index is 14.1. The number of rotatable bonds is 10. The van der Waals surface area contributed by atoms with Crippen LogP contribution in [0.2, 0.25) is 0 Å². The third-order valence-corrected chi connectivity index (χ3v) is 4.55. The standard InChI is InChI=1S/C20H31FN6O2/c1-6-29-11-7-10-22-20(23-13-19-26-25-15(3)27(19)4)24-14(2)16-8-9-18(28-5)17(21)12-16/h8-9,12,14H,6-7,10-11,13H2,1-5H3,(H2,22,23,24). The Hall–Kier alpha value is -2.68. The largest absolute Gasteiger partial charge is 0.494 e.